The molecule has 3 aromatic rings. The summed E-state index contributed by atoms with van der Waals surface area (Å²) in [5.41, 5.74) is 6.02. The zero-order chi connectivity index (χ0) is 15.3. The molecule has 1 aliphatic rings. The molecule has 112 valence electrons. The van der Waals surface area contributed by atoms with E-state index in [1.807, 2.05) is 18.2 Å². The molecule has 2 aromatic carbocycles. The maximum absolute atomic E-state index is 6.42. The summed E-state index contributed by atoms with van der Waals surface area (Å²) >= 11 is 12.4. The van der Waals surface area contributed by atoms with E-state index < -0.39 is 0 Å². The van der Waals surface area contributed by atoms with E-state index in [0.717, 1.165) is 34.1 Å². The van der Waals surface area contributed by atoms with Gasteiger partial charge in [0.2, 0.25) is 0 Å². The third kappa shape index (κ3) is 2.23. The SMILES string of the molecule is CC1Cc2[nH]c3c(Cl)ccc(-c4ccc(Cl)cc4)c3c2CN1. The number of aromatic nitrogens is 1. The minimum absolute atomic E-state index is 0.485. The first kappa shape index (κ1) is 14.1. The Hall–Kier alpha value is -1.48. The van der Waals surface area contributed by atoms with Crippen molar-refractivity contribution in [2.24, 2.45) is 0 Å². The molecule has 2 N–H and O–H groups in total. The summed E-state index contributed by atoms with van der Waals surface area (Å²) in [6.07, 6.45) is 1.00. The average molecular weight is 331 g/mol. The third-order valence-corrected chi connectivity index (χ3v) is 4.96. The van der Waals surface area contributed by atoms with Gasteiger partial charge >= 0.3 is 0 Å². The quantitative estimate of drug-likeness (QED) is 0.632. The van der Waals surface area contributed by atoms with E-state index in [0.29, 0.717) is 6.04 Å². The van der Waals surface area contributed by atoms with Crippen molar-refractivity contribution in [3.05, 3.63) is 57.7 Å². The Balaban J connectivity index is 1.99. The van der Waals surface area contributed by atoms with E-state index in [2.05, 4.69) is 35.4 Å². The number of halogens is 2. The van der Waals surface area contributed by atoms with Crippen LogP contribution in [0.15, 0.2) is 36.4 Å². The Kier molecular flexibility index (Phi) is 3.41. The zero-order valence-electron chi connectivity index (χ0n) is 12.2. The van der Waals surface area contributed by atoms with Crippen LogP contribution in [0.25, 0.3) is 22.0 Å². The summed E-state index contributed by atoms with van der Waals surface area (Å²) in [6.45, 7) is 3.08. The Morgan fingerprint density at radius 2 is 1.82 bits per heavy atom. The van der Waals surface area contributed by atoms with Crippen molar-refractivity contribution in [3.8, 4) is 11.1 Å². The highest BCUT2D eigenvalue weighted by molar-refractivity contribution is 6.36. The van der Waals surface area contributed by atoms with Gasteiger partial charge in [0.15, 0.2) is 0 Å². The summed E-state index contributed by atoms with van der Waals surface area (Å²) in [5, 5.41) is 6.29. The van der Waals surface area contributed by atoms with Crippen LogP contribution in [0.3, 0.4) is 0 Å². The lowest BCUT2D eigenvalue weighted by molar-refractivity contribution is 0.511. The molecule has 1 unspecified atom stereocenters. The molecule has 2 heterocycles. The van der Waals surface area contributed by atoms with Gasteiger partial charge in [0.1, 0.15) is 0 Å². The Bertz CT molecular complexity index is 850. The maximum Gasteiger partial charge on any atom is 0.0655 e. The van der Waals surface area contributed by atoms with Gasteiger partial charge in [0.25, 0.3) is 0 Å². The van der Waals surface area contributed by atoms with Crippen molar-refractivity contribution in [2.75, 3.05) is 0 Å². The number of nitrogens with one attached hydrogen (secondary N) is 2. The first-order chi connectivity index (χ1) is 10.6. The van der Waals surface area contributed by atoms with Crippen LogP contribution in [0.5, 0.6) is 0 Å². The van der Waals surface area contributed by atoms with Crippen LogP contribution >= 0.6 is 23.2 Å². The molecule has 22 heavy (non-hydrogen) atoms. The van der Waals surface area contributed by atoms with Crippen LogP contribution < -0.4 is 5.32 Å². The van der Waals surface area contributed by atoms with Gasteiger partial charge in [0.05, 0.1) is 10.5 Å². The first-order valence-corrected chi connectivity index (χ1v) is 8.20. The van der Waals surface area contributed by atoms with Crippen LogP contribution in [0.2, 0.25) is 10.0 Å². The van der Waals surface area contributed by atoms with Gasteiger partial charge in [-0.25, -0.2) is 0 Å². The molecular weight excluding hydrogens is 315 g/mol. The molecular formula is C18H16Cl2N2. The zero-order valence-corrected chi connectivity index (χ0v) is 13.7. The summed E-state index contributed by atoms with van der Waals surface area (Å²) in [6, 6.07) is 12.5. The molecule has 1 aliphatic heterocycles. The average Bonchev–Trinajstić information content (AvgIpc) is 2.88. The highest BCUT2D eigenvalue weighted by Gasteiger charge is 2.22. The van der Waals surface area contributed by atoms with Gasteiger partial charge < -0.3 is 10.3 Å². The second-order valence-corrected chi connectivity index (χ2v) is 6.76. The Labute approximate surface area is 139 Å². The molecule has 1 atom stereocenters. The fourth-order valence-corrected chi connectivity index (χ4v) is 3.61. The lowest BCUT2D eigenvalue weighted by Crippen LogP contribution is -2.32. The van der Waals surface area contributed by atoms with E-state index in [4.69, 9.17) is 23.2 Å². The molecule has 1 aromatic heterocycles. The van der Waals surface area contributed by atoms with Crippen molar-refractivity contribution in [2.45, 2.75) is 25.9 Å². The second kappa shape index (κ2) is 5.31. The molecule has 0 amide bonds. The minimum atomic E-state index is 0.485. The van der Waals surface area contributed by atoms with Crippen LogP contribution in [0.4, 0.5) is 0 Å². The second-order valence-electron chi connectivity index (χ2n) is 5.92. The maximum atomic E-state index is 6.42. The number of rotatable bonds is 1. The van der Waals surface area contributed by atoms with Crippen molar-refractivity contribution in [3.63, 3.8) is 0 Å². The van der Waals surface area contributed by atoms with Gasteiger partial charge in [-0.2, -0.15) is 0 Å². The summed E-state index contributed by atoms with van der Waals surface area (Å²) < 4.78 is 0. The Morgan fingerprint density at radius 3 is 2.59 bits per heavy atom. The standard InChI is InChI=1S/C18H16Cl2N2/c1-10-8-16-14(9-21-10)17-13(6-7-15(20)18(17)22-16)11-2-4-12(19)5-3-11/h2-7,10,21-22H,8-9H2,1H3. The summed E-state index contributed by atoms with van der Waals surface area (Å²) in [5.74, 6) is 0. The Morgan fingerprint density at radius 1 is 1.05 bits per heavy atom. The lowest BCUT2D eigenvalue weighted by atomic mass is 9.95. The largest absolute Gasteiger partial charge is 0.357 e. The minimum Gasteiger partial charge on any atom is -0.357 e. The molecule has 4 heteroatoms. The summed E-state index contributed by atoms with van der Waals surface area (Å²) in [4.78, 5) is 3.54. The molecule has 0 radical (unpaired) electrons. The highest BCUT2D eigenvalue weighted by atomic mass is 35.5. The van der Waals surface area contributed by atoms with Crippen LogP contribution in [-0.2, 0) is 13.0 Å². The fourth-order valence-electron chi connectivity index (χ4n) is 3.28. The fraction of sp³-hybridized carbons (Fsp3) is 0.222. The van der Waals surface area contributed by atoms with Crippen LogP contribution in [-0.4, -0.2) is 11.0 Å². The molecule has 2 nitrogen and oxygen atoms in total. The van der Waals surface area contributed by atoms with E-state index in [9.17, 15) is 0 Å². The van der Waals surface area contributed by atoms with Gasteiger partial charge in [-0.15, -0.1) is 0 Å². The van der Waals surface area contributed by atoms with E-state index in [1.165, 1.54) is 22.2 Å². The predicted octanol–water partition coefficient (Wildman–Crippen LogP) is 5.18. The number of benzene rings is 2. The molecule has 0 saturated heterocycles. The number of aromatic amines is 1. The van der Waals surface area contributed by atoms with Gasteiger partial charge in [-0.05, 0) is 41.8 Å². The van der Waals surface area contributed by atoms with Gasteiger partial charge in [-0.1, -0.05) is 41.4 Å². The number of fused-ring (bicyclic) bond motifs is 3. The van der Waals surface area contributed by atoms with E-state index in [-0.39, 0.29) is 0 Å². The number of hydrogen-bond acceptors (Lipinski definition) is 1. The number of H-pyrrole nitrogens is 1. The molecule has 0 bridgehead atoms. The topological polar surface area (TPSA) is 27.8 Å². The van der Waals surface area contributed by atoms with E-state index >= 15 is 0 Å². The third-order valence-electron chi connectivity index (χ3n) is 4.39. The van der Waals surface area contributed by atoms with Gasteiger partial charge in [0, 0.05) is 35.1 Å². The predicted molar refractivity (Wildman–Crippen MR) is 93.8 cm³/mol. The number of hydrogen-bond donors (Lipinski definition) is 2. The normalized spacial score (nSPS) is 17.7. The first-order valence-electron chi connectivity index (χ1n) is 7.44. The van der Waals surface area contributed by atoms with Crippen molar-refractivity contribution < 1.29 is 0 Å². The van der Waals surface area contributed by atoms with Crippen molar-refractivity contribution >= 4 is 34.1 Å². The van der Waals surface area contributed by atoms with Gasteiger partial charge in [-0.3, -0.25) is 0 Å². The molecule has 4 rings (SSSR count). The van der Waals surface area contributed by atoms with E-state index in [1.54, 1.807) is 0 Å². The molecule has 0 fully saturated rings. The van der Waals surface area contributed by atoms with Crippen molar-refractivity contribution in [1.82, 2.24) is 10.3 Å². The molecule has 0 saturated carbocycles. The smallest absolute Gasteiger partial charge is 0.0655 e. The monoisotopic (exact) mass is 330 g/mol. The van der Waals surface area contributed by atoms with Crippen LogP contribution in [0, 0.1) is 0 Å². The molecule has 0 spiro atoms. The highest BCUT2D eigenvalue weighted by Crippen LogP contribution is 2.38. The van der Waals surface area contributed by atoms with Crippen molar-refractivity contribution in [1.29, 1.82) is 0 Å². The summed E-state index contributed by atoms with van der Waals surface area (Å²) in [7, 11) is 0. The molecule has 0 aliphatic carbocycles. The lowest BCUT2D eigenvalue weighted by Gasteiger charge is -2.20. The van der Waals surface area contributed by atoms with Crippen LogP contribution in [0.1, 0.15) is 18.2 Å².